The van der Waals surface area contributed by atoms with Crippen LogP contribution in [0.2, 0.25) is 0 Å². The van der Waals surface area contributed by atoms with Crippen molar-refractivity contribution in [3.63, 3.8) is 0 Å². The van der Waals surface area contributed by atoms with Crippen molar-refractivity contribution in [2.24, 2.45) is 0 Å². The summed E-state index contributed by atoms with van der Waals surface area (Å²) in [7, 11) is 3.51. The molecule has 1 amide bonds. The van der Waals surface area contributed by atoms with E-state index in [0.29, 0.717) is 0 Å². The number of aryl methyl sites for hydroxylation is 2. The maximum Gasteiger partial charge on any atom is 0.219 e. The fraction of sp³-hybridized carbons (Fsp3) is 0.500. The lowest BCUT2D eigenvalue weighted by Crippen LogP contribution is -2.26. The van der Waals surface area contributed by atoms with E-state index in [1.807, 2.05) is 14.0 Å². The fourth-order valence-corrected chi connectivity index (χ4v) is 1.78. The number of hydrogen-bond donors (Lipinski definition) is 0. The molecule has 0 aliphatic heterocycles. The average molecular weight is 235 g/mol. The normalized spacial score (nSPS) is 10.2. The van der Waals surface area contributed by atoms with E-state index >= 15 is 0 Å². The molecule has 0 radical (unpaired) electrons. The van der Waals surface area contributed by atoms with Crippen molar-refractivity contribution in [2.45, 2.75) is 27.2 Å². The van der Waals surface area contributed by atoms with Gasteiger partial charge in [0.1, 0.15) is 5.75 Å². The van der Waals surface area contributed by atoms with Crippen molar-refractivity contribution in [3.05, 3.63) is 28.8 Å². The first-order valence-corrected chi connectivity index (χ1v) is 5.81. The summed E-state index contributed by atoms with van der Waals surface area (Å²) in [4.78, 5) is 12.9. The van der Waals surface area contributed by atoms with E-state index in [1.54, 1.807) is 18.9 Å². The fourth-order valence-electron chi connectivity index (χ4n) is 1.78. The van der Waals surface area contributed by atoms with Gasteiger partial charge in [0, 0.05) is 20.5 Å². The molecule has 0 fully saturated rings. The summed E-state index contributed by atoms with van der Waals surface area (Å²) in [5.74, 6) is 1.03. The molecule has 0 saturated carbocycles. The lowest BCUT2D eigenvalue weighted by atomic mass is 10.0. The van der Waals surface area contributed by atoms with Gasteiger partial charge in [-0.2, -0.15) is 0 Å². The molecular formula is C14H21NO2. The van der Waals surface area contributed by atoms with Crippen molar-refractivity contribution in [2.75, 3.05) is 20.7 Å². The molecule has 3 nitrogen and oxygen atoms in total. The van der Waals surface area contributed by atoms with Crippen molar-refractivity contribution >= 4 is 5.91 Å². The summed E-state index contributed by atoms with van der Waals surface area (Å²) >= 11 is 0. The second-order valence-electron chi connectivity index (χ2n) is 4.44. The zero-order valence-electron chi connectivity index (χ0n) is 11.3. The Balaban J connectivity index is 2.78. The van der Waals surface area contributed by atoms with E-state index in [9.17, 15) is 4.79 Å². The maximum absolute atomic E-state index is 11.1. The molecule has 0 aromatic heterocycles. The van der Waals surface area contributed by atoms with E-state index in [-0.39, 0.29) is 5.91 Å². The molecule has 17 heavy (non-hydrogen) atoms. The molecule has 0 aliphatic rings. The maximum atomic E-state index is 11.1. The monoisotopic (exact) mass is 235 g/mol. The molecule has 3 heteroatoms. The topological polar surface area (TPSA) is 29.5 Å². The molecule has 1 aromatic rings. The second-order valence-corrected chi connectivity index (χ2v) is 4.44. The molecule has 0 aliphatic carbocycles. The summed E-state index contributed by atoms with van der Waals surface area (Å²) in [5, 5.41) is 0. The number of carbonyl (C=O) groups is 1. The van der Waals surface area contributed by atoms with E-state index in [1.165, 1.54) is 11.1 Å². The lowest BCUT2D eigenvalue weighted by molar-refractivity contribution is -0.127. The molecule has 94 valence electrons. The standard InChI is InChI=1S/C14H21NO2/c1-10-9-14(17-5)11(2)8-13(10)6-7-15(4)12(3)16/h8-9H,6-7H2,1-5H3. The molecule has 1 rings (SSSR count). The predicted octanol–water partition coefficient (Wildman–Crippen LogP) is 2.33. The van der Waals surface area contributed by atoms with Gasteiger partial charge in [-0.25, -0.2) is 0 Å². The van der Waals surface area contributed by atoms with Gasteiger partial charge in [-0.1, -0.05) is 6.07 Å². The minimum atomic E-state index is 0.105. The highest BCUT2D eigenvalue weighted by Crippen LogP contribution is 2.22. The van der Waals surface area contributed by atoms with Crippen LogP contribution in [0.5, 0.6) is 5.75 Å². The number of hydrogen-bond acceptors (Lipinski definition) is 2. The number of benzene rings is 1. The minimum absolute atomic E-state index is 0.105. The van der Waals surface area contributed by atoms with E-state index < -0.39 is 0 Å². The summed E-state index contributed by atoms with van der Waals surface area (Å²) < 4.78 is 5.28. The van der Waals surface area contributed by atoms with Gasteiger partial charge in [0.25, 0.3) is 0 Å². The number of nitrogens with zero attached hydrogens (tertiary/aromatic N) is 1. The molecule has 0 N–H and O–H groups in total. The van der Waals surface area contributed by atoms with Gasteiger partial charge in [-0.15, -0.1) is 0 Å². The van der Waals surface area contributed by atoms with Crippen LogP contribution >= 0.6 is 0 Å². The number of carbonyl (C=O) groups excluding carboxylic acids is 1. The zero-order chi connectivity index (χ0) is 13.0. The third-order valence-electron chi connectivity index (χ3n) is 3.11. The number of methoxy groups -OCH3 is 1. The van der Waals surface area contributed by atoms with Gasteiger partial charge in [0.05, 0.1) is 7.11 Å². The molecule has 0 heterocycles. The third kappa shape index (κ3) is 3.48. The molecule has 0 bridgehead atoms. The Morgan fingerprint density at radius 1 is 1.29 bits per heavy atom. The first-order chi connectivity index (χ1) is 7.95. The predicted molar refractivity (Wildman–Crippen MR) is 69.5 cm³/mol. The summed E-state index contributed by atoms with van der Waals surface area (Å²) in [6, 6.07) is 4.20. The van der Waals surface area contributed by atoms with Gasteiger partial charge >= 0.3 is 0 Å². The van der Waals surface area contributed by atoms with Crippen LogP contribution in [0.1, 0.15) is 23.6 Å². The van der Waals surface area contributed by atoms with Crippen molar-refractivity contribution in [3.8, 4) is 5.75 Å². The Hall–Kier alpha value is -1.51. The lowest BCUT2D eigenvalue weighted by Gasteiger charge is -2.16. The van der Waals surface area contributed by atoms with E-state index in [2.05, 4.69) is 19.1 Å². The van der Waals surface area contributed by atoms with Crippen LogP contribution in [0.4, 0.5) is 0 Å². The number of ether oxygens (including phenoxy) is 1. The number of rotatable bonds is 4. The second kappa shape index (κ2) is 5.71. The van der Waals surface area contributed by atoms with Gasteiger partial charge in [-0.05, 0) is 43.0 Å². The molecule has 0 unspecified atom stereocenters. The summed E-state index contributed by atoms with van der Waals surface area (Å²) in [6.07, 6.45) is 0.882. The molecule has 0 saturated heterocycles. The molecular weight excluding hydrogens is 214 g/mol. The van der Waals surface area contributed by atoms with Crippen LogP contribution in [0.15, 0.2) is 12.1 Å². The highest BCUT2D eigenvalue weighted by molar-refractivity contribution is 5.72. The van der Waals surface area contributed by atoms with Crippen LogP contribution in [0.3, 0.4) is 0 Å². The van der Waals surface area contributed by atoms with Gasteiger partial charge < -0.3 is 9.64 Å². The summed E-state index contributed by atoms with van der Waals surface area (Å²) in [6.45, 7) is 6.45. The van der Waals surface area contributed by atoms with Crippen LogP contribution in [0, 0.1) is 13.8 Å². The van der Waals surface area contributed by atoms with E-state index in [4.69, 9.17) is 4.74 Å². The highest BCUT2D eigenvalue weighted by Gasteiger charge is 2.07. The third-order valence-corrected chi connectivity index (χ3v) is 3.11. The number of likely N-dealkylation sites (N-methyl/N-ethyl adjacent to an activating group) is 1. The van der Waals surface area contributed by atoms with E-state index in [0.717, 1.165) is 24.3 Å². The van der Waals surface area contributed by atoms with Crippen LogP contribution in [-0.2, 0) is 11.2 Å². The molecule has 1 aromatic carbocycles. The quantitative estimate of drug-likeness (QED) is 0.801. The first kappa shape index (κ1) is 13.6. The van der Waals surface area contributed by atoms with Crippen molar-refractivity contribution in [1.29, 1.82) is 0 Å². The Morgan fingerprint density at radius 3 is 2.47 bits per heavy atom. The Morgan fingerprint density at radius 2 is 1.94 bits per heavy atom. The van der Waals surface area contributed by atoms with Crippen LogP contribution in [-0.4, -0.2) is 31.5 Å². The van der Waals surface area contributed by atoms with Gasteiger partial charge in [-0.3, -0.25) is 4.79 Å². The largest absolute Gasteiger partial charge is 0.496 e. The van der Waals surface area contributed by atoms with Crippen molar-refractivity contribution < 1.29 is 9.53 Å². The highest BCUT2D eigenvalue weighted by atomic mass is 16.5. The van der Waals surface area contributed by atoms with Crippen LogP contribution in [0.25, 0.3) is 0 Å². The molecule has 0 spiro atoms. The Labute approximate surface area is 103 Å². The smallest absolute Gasteiger partial charge is 0.219 e. The van der Waals surface area contributed by atoms with Crippen LogP contribution < -0.4 is 4.74 Å². The van der Waals surface area contributed by atoms with Crippen molar-refractivity contribution in [1.82, 2.24) is 4.90 Å². The average Bonchev–Trinajstić information content (AvgIpc) is 2.29. The van der Waals surface area contributed by atoms with Gasteiger partial charge in [0.15, 0.2) is 0 Å². The molecule has 0 atom stereocenters. The SMILES string of the molecule is COc1cc(C)c(CCN(C)C(C)=O)cc1C. The Kier molecular flexibility index (Phi) is 4.55. The first-order valence-electron chi connectivity index (χ1n) is 5.81. The van der Waals surface area contributed by atoms with Gasteiger partial charge in [0.2, 0.25) is 5.91 Å². The minimum Gasteiger partial charge on any atom is -0.496 e. The summed E-state index contributed by atoms with van der Waals surface area (Å²) in [5.41, 5.74) is 3.62. The zero-order valence-corrected chi connectivity index (χ0v) is 11.3. The Bertz CT molecular complexity index is 413. The number of amides is 1.